The maximum atomic E-state index is 12.6. The summed E-state index contributed by atoms with van der Waals surface area (Å²) in [6.07, 6.45) is 7.16. The van der Waals surface area contributed by atoms with Crippen molar-refractivity contribution < 1.29 is 14.7 Å². The molecule has 1 heterocycles. The summed E-state index contributed by atoms with van der Waals surface area (Å²) in [5, 5.41) is 13.5. The third-order valence-corrected chi connectivity index (χ3v) is 6.04. The normalized spacial score (nSPS) is 15.7. The minimum atomic E-state index is -1.14. The van der Waals surface area contributed by atoms with Crippen LogP contribution in [0, 0.1) is 0 Å². The molecule has 5 heteroatoms. The molecule has 2 aliphatic rings. The van der Waals surface area contributed by atoms with Crippen LogP contribution in [0.1, 0.15) is 54.9 Å². The molecule has 0 radical (unpaired) electrons. The summed E-state index contributed by atoms with van der Waals surface area (Å²) in [5.74, 6) is -0.0981. The van der Waals surface area contributed by atoms with Gasteiger partial charge in [-0.05, 0) is 48.4 Å². The molecule has 5 nitrogen and oxygen atoms in total. The summed E-state index contributed by atoms with van der Waals surface area (Å²) in [5.41, 5.74) is 4.06. The van der Waals surface area contributed by atoms with E-state index in [9.17, 15) is 14.7 Å². The van der Waals surface area contributed by atoms with E-state index in [-0.39, 0.29) is 11.7 Å². The number of fused-ring (bicyclic) bond motifs is 1. The van der Waals surface area contributed by atoms with Crippen molar-refractivity contribution in [2.45, 2.75) is 44.6 Å². The van der Waals surface area contributed by atoms with E-state index >= 15 is 0 Å². The van der Waals surface area contributed by atoms with Gasteiger partial charge >= 0.3 is 0 Å². The number of Topliss-reactive ketones (excluding diaryl/α,β-unsaturated/α-hetero) is 1. The number of amides is 1. The zero-order valence-corrected chi connectivity index (χ0v) is 18.1. The second kappa shape index (κ2) is 9.06. The smallest absolute Gasteiger partial charge is 0.254 e. The first-order valence-electron chi connectivity index (χ1n) is 11.2. The summed E-state index contributed by atoms with van der Waals surface area (Å²) in [6, 6.07) is 14.1. The van der Waals surface area contributed by atoms with Crippen molar-refractivity contribution in [1.82, 2.24) is 4.90 Å². The fourth-order valence-electron chi connectivity index (χ4n) is 4.02. The molecular weight excluding hydrogens is 388 g/mol. The Balaban J connectivity index is 1.34. The molecule has 0 aromatic heterocycles. The molecule has 0 unspecified atom stereocenters. The van der Waals surface area contributed by atoms with Crippen LogP contribution in [0.25, 0.3) is 17.2 Å². The van der Waals surface area contributed by atoms with Gasteiger partial charge in [-0.15, -0.1) is 0 Å². The minimum absolute atomic E-state index is 0.0813. The predicted octanol–water partition coefficient (Wildman–Crippen LogP) is 4.52. The van der Waals surface area contributed by atoms with Crippen LogP contribution in [-0.4, -0.2) is 46.9 Å². The molecule has 162 valence electrons. The first-order chi connectivity index (χ1) is 15.0. The fourth-order valence-corrected chi connectivity index (χ4v) is 4.02. The third-order valence-electron chi connectivity index (χ3n) is 6.04. The monoisotopic (exact) mass is 418 g/mol. The molecule has 31 heavy (non-hydrogen) atoms. The number of carbonyl (C=O) groups is 2. The molecule has 1 amide bonds. The molecular formula is C26H30N2O3. The van der Waals surface area contributed by atoms with Gasteiger partial charge in [0.15, 0.2) is 5.78 Å². The molecule has 0 atom stereocenters. The lowest BCUT2D eigenvalue weighted by Gasteiger charge is -2.24. The van der Waals surface area contributed by atoms with Crippen LogP contribution in [-0.2, 0) is 4.79 Å². The van der Waals surface area contributed by atoms with E-state index in [0.29, 0.717) is 44.3 Å². The van der Waals surface area contributed by atoms with Gasteiger partial charge in [-0.25, -0.2) is 0 Å². The molecule has 1 aliphatic carbocycles. The minimum Gasteiger partial charge on any atom is -0.381 e. The largest absolute Gasteiger partial charge is 0.381 e. The van der Waals surface area contributed by atoms with Crippen LogP contribution < -0.4 is 5.32 Å². The number of hydrogen-bond donors (Lipinski definition) is 2. The lowest BCUT2D eigenvalue weighted by Crippen LogP contribution is -2.41. The number of carbonyl (C=O) groups excluding carboxylic acids is 2. The van der Waals surface area contributed by atoms with Crippen LogP contribution in [0.5, 0.6) is 0 Å². The van der Waals surface area contributed by atoms with Crippen molar-refractivity contribution in [3.8, 4) is 11.1 Å². The third kappa shape index (κ3) is 4.88. The zero-order valence-electron chi connectivity index (χ0n) is 18.1. The molecule has 1 fully saturated rings. The lowest BCUT2D eigenvalue weighted by molar-refractivity contribution is -0.142. The number of rotatable bonds is 9. The van der Waals surface area contributed by atoms with Gasteiger partial charge in [0.2, 0.25) is 0 Å². The Morgan fingerprint density at radius 2 is 1.81 bits per heavy atom. The summed E-state index contributed by atoms with van der Waals surface area (Å²) in [7, 11) is 0. The Morgan fingerprint density at radius 1 is 1.06 bits per heavy atom. The molecule has 2 aromatic carbocycles. The number of aliphatic hydroxyl groups is 1. The van der Waals surface area contributed by atoms with Gasteiger partial charge < -0.3 is 15.3 Å². The van der Waals surface area contributed by atoms with E-state index in [1.54, 1.807) is 4.90 Å². The molecule has 2 N–H and O–H groups in total. The first kappa shape index (κ1) is 21.3. The van der Waals surface area contributed by atoms with Gasteiger partial charge in [0, 0.05) is 37.3 Å². The van der Waals surface area contributed by atoms with Crippen LogP contribution in [0.2, 0.25) is 0 Å². The van der Waals surface area contributed by atoms with Crippen molar-refractivity contribution >= 4 is 23.5 Å². The summed E-state index contributed by atoms with van der Waals surface area (Å²) in [4.78, 5) is 26.8. The highest BCUT2D eigenvalue weighted by Gasteiger charge is 2.49. The molecule has 0 saturated heterocycles. The SMILES string of the molecule is CCCN(CCCC(=O)c1ccc(-c2ccc3c(c2)NCC=C3)cc1)C(=O)C1(O)CC1. The predicted molar refractivity (Wildman–Crippen MR) is 124 cm³/mol. The quantitative estimate of drug-likeness (QED) is 0.588. The first-order valence-corrected chi connectivity index (χ1v) is 11.2. The van der Waals surface area contributed by atoms with E-state index in [2.05, 4.69) is 35.7 Å². The van der Waals surface area contributed by atoms with E-state index in [1.807, 2.05) is 31.2 Å². The van der Waals surface area contributed by atoms with Crippen molar-refractivity contribution in [3.63, 3.8) is 0 Å². The number of benzene rings is 2. The van der Waals surface area contributed by atoms with Crippen LogP contribution in [0.3, 0.4) is 0 Å². The molecule has 1 aliphatic heterocycles. The highest BCUT2D eigenvalue weighted by Crippen LogP contribution is 2.37. The van der Waals surface area contributed by atoms with Crippen LogP contribution >= 0.6 is 0 Å². The lowest BCUT2D eigenvalue weighted by atomic mass is 9.98. The number of anilines is 1. The Morgan fingerprint density at radius 3 is 2.52 bits per heavy atom. The molecule has 0 spiro atoms. The second-order valence-electron chi connectivity index (χ2n) is 8.51. The van der Waals surface area contributed by atoms with Gasteiger partial charge in [0.1, 0.15) is 5.60 Å². The van der Waals surface area contributed by atoms with E-state index in [1.165, 1.54) is 5.56 Å². The van der Waals surface area contributed by atoms with Gasteiger partial charge in [-0.2, -0.15) is 0 Å². The maximum absolute atomic E-state index is 12.6. The summed E-state index contributed by atoms with van der Waals surface area (Å²) in [6.45, 7) is 3.98. The van der Waals surface area contributed by atoms with Gasteiger partial charge in [-0.3, -0.25) is 9.59 Å². The molecule has 0 bridgehead atoms. The molecule has 1 saturated carbocycles. The summed E-state index contributed by atoms with van der Waals surface area (Å²) < 4.78 is 0. The topological polar surface area (TPSA) is 69.6 Å². The molecule has 4 rings (SSSR count). The zero-order chi connectivity index (χ0) is 21.8. The Kier molecular flexibility index (Phi) is 6.23. The van der Waals surface area contributed by atoms with Crippen molar-refractivity contribution in [2.24, 2.45) is 0 Å². The van der Waals surface area contributed by atoms with E-state index < -0.39 is 5.60 Å². The standard InChI is InChI=1S/C26H30N2O3/c1-2-16-28(25(30)26(31)13-14-26)17-4-6-24(29)21-10-7-19(8-11-21)22-12-9-20-5-3-15-27-23(20)18-22/h3,5,7-12,18,27,31H,2,4,6,13-17H2,1H3. The van der Waals surface area contributed by atoms with Crippen LogP contribution in [0.4, 0.5) is 5.69 Å². The Bertz CT molecular complexity index is 990. The van der Waals surface area contributed by atoms with Crippen molar-refractivity contribution in [3.05, 3.63) is 59.7 Å². The summed E-state index contributed by atoms with van der Waals surface area (Å²) >= 11 is 0. The van der Waals surface area contributed by atoms with E-state index in [0.717, 1.165) is 29.8 Å². The fraction of sp³-hybridized carbons (Fsp3) is 0.385. The number of hydrogen-bond acceptors (Lipinski definition) is 4. The number of ketones is 1. The Hall–Kier alpha value is -2.92. The van der Waals surface area contributed by atoms with Crippen LogP contribution in [0.15, 0.2) is 48.5 Å². The van der Waals surface area contributed by atoms with Gasteiger partial charge in [-0.1, -0.05) is 55.5 Å². The second-order valence-corrected chi connectivity index (χ2v) is 8.51. The number of nitrogens with zero attached hydrogens (tertiary/aromatic N) is 1. The van der Waals surface area contributed by atoms with E-state index in [4.69, 9.17) is 0 Å². The molecule has 2 aromatic rings. The number of nitrogens with one attached hydrogen (secondary N) is 1. The maximum Gasteiger partial charge on any atom is 0.254 e. The average Bonchev–Trinajstić information content (AvgIpc) is 3.56. The van der Waals surface area contributed by atoms with Gasteiger partial charge in [0.05, 0.1) is 0 Å². The highest BCUT2D eigenvalue weighted by molar-refractivity contribution is 5.96. The van der Waals surface area contributed by atoms with Crippen molar-refractivity contribution in [1.29, 1.82) is 0 Å². The highest BCUT2D eigenvalue weighted by atomic mass is 16.3. The Labute approximate surface area is 183 Å². The van der Waals surface area contributed by atoms with Gasteiger partial charge in [0.25, 0.3) is 5.91 Å². The average molecular weight is 419 g/mol. The van der Waals surface area contributed by atoms with Crippen molar-refractivity contribution in [2.75, 3.05) is 25.0 Å².